The lowest BCUT2D eigenvalue weighted by atomic mass is 9.74. The minimum absolute atomic E-state index is 0.0372. The second-order valence-electron chi connectivity index (χ2n) is 4.25. The van der Waals surface area contributed by atoms with Gasteiger partial charge >= 0.3 is 0 Å². The van der Waals surface area contributed by atoms with E-state index in [-0.39, 0.29) is 11.6 Å². The Bertz CT molecular complexity index is 343. The van der Waals surface area contributed by atoms with E-state index in [1.54, 1.807) is 11.3 Å². The molecule has 0 bridgehead atoms. The molecule has 1 heterocycles. The van der Waals surface area contributed by atoms with E-state index in [0.29, 0.717) is 0 Å². The number of rotatable bonds is 5. The quantitative estimate of drug-likeness (QED) is 0.872. The number of methoxy groups -OCH3 is 1. The summed E-state index contributed by atoms with van der Waals surface area (Å²) in [5, 5.41) is 6.43. The van der Waals surface area contributed by atoms with Crippen molar-refractivity contribution in [2.75, 3.05) is 13.7 Å². The zero-order valence-electron chi connectivity index (χ0n) is 9.75. The van der Waals surface area contributed by atoms with Gasteiger partial charge in [0.15, 0.2) is 0 Å². The van der Waals surface area contributed by atoms with Gasteiger partial charge in [-0.05, 0) is 37.3 Å². The summed E-state index contributed by atoms with van der Waals surface area (Å²) in [7, 11) is 1.81. The van der Waals surface area contributed by atoms with Gasteiger partial charge in [-0.2, -0.15) is 0 Å². The molecule has 1 aliphatic carbocycles. The molecule has 1 N–H and O–H groups in total. The lowest BCUT2D eigenvalue weighted by molar-refractivity contribution is -0.0986. The van der Waals surface area contributed by atoms with Crippen LogP contribution >= 0.6 is 22.9 Å². The molecule has 1 fully saturated rings. The van der Waals surface area contributed by atoms with Crippen molar-refractivity contribution in [2.45, 2.75) is 37.8 Å². The standard InChI is InChI=1S/C12H18ClNOS/c1-3-14-11(10-9(13)5-8-16-10)12(15-2)6-4-7-12/h5,8,11,14H,3-4,6-7H2,1-2H3. The van der Waals surface area contributed by atoms with Crippen LogP contribution in [0.1, 0.15) is 37.1 Å². The van der Waals surface area contributed by atoms with Crippen molar-refractivity contribution < 1.29 is 4.74 Å². The van der Waals surface area contributed by atoms with Crippen LogP contribution in [-0.2, 0) is 4.74 Å². The van der Waals surface area contributed by atoms with Crippen LogP contribution < -0.4 is 5.32 Å². The summed E-state index contributed by atoms with van der Waals surface area (Å²) >= 11 is 7.94. The van der Waals surface area contributed by atoms with Gasteiger partial charge in [0.25, 0.3) is 0 Å². The molecule has 0 aromatic carbocycles. The number of ether oxygens (including phenoxy) is 1. The van der Waals surface area contributed by atoms with Crippen LogP contribution in [0.15, 0.2) is 11.4 Å². The Kier molecular flexibility index (Phi) is 3.90. The second kappa shape index (κ2) is 5.05. The maximum absolute atomic E-state index is 6.23. The average molecular weight is 260 g/mol. The van der Waals surface area contributed by atoms with Crippen molar-refractivity contribution in [3.8, 4) is 0 Å². The van der Waals surface area contributed by atoms with Crippen LogP contribution in [0, 0.1) is 0 Å². The Morgan fingerprint density at radius 1 is 1.62 bits per heavy atom. The summed E-state index contributed by atoms with van der Waals surface area (Å²) in [5.41, 5.74) is -0.0372. The lowest BCUT2D eigenvalue weighted by Crippen LogP contribution is -2.50. The van der Waals surface area contributed by atoms with Gasteiger partial charge in [0.2, 0.25) is 0 Å². The maximum atomic E-state index is 6.23. The third-order valence-corrected chi connectivity index (χ3v) is 4.87. The van der Waals surface area contributed by atoms with E-state index in [1.807, 2.05) is 18.6 Å². The molecule has 1 unspecified atom stereocenters. The molecule has 0 spiro atoms. The first-order valence-electron chi connectivity index (χ1n) is 5.75. The van der Waals surface area contributed by atoms with E-state index in [1.165, 1.54) is 11.3 Å². The number of hydrogen-bond donors (Lipinski definition) is 1. The van der Waals surface area contributed by atoms with Crippen LogP contribution in [-0.4, -0.2) is 19.3 Å². The van der Waals surface area contributed by atoms with Crippen LogP contribution in [0.3, 0.4) is 0 Å². The molecule has 2 nitrogen and oxygen atoms in total. The minimum Gasteiger partial charge on any atom is -0.376 e. The highest BCUT2D eigenvalue weighted by atomic mass is 35.5. The van der Waals surface area contributed by atoms with Crippen molar-refractivity contribution in [3.63, 3.8) is 0 Å². The van der Waals surface area contributed by atoms with E-state index in [0.717, 1.165) is 24.4 Å². The van der Waals surface area contributed by atoms with Crippen molar-refractivity contribution in [1.82, 2.24) is 5.32 Å². The average Bonchev–Trinajstić information content (AvgIpc) is 2.62. The fraction of sp³-hybridized carbons (Fsp3) is 0.667. The summed E-state index contributed by atoms with van der Waals surface area (Å²) in [6.45, 7) is 3.06. The van der Waals surface area contributed by atoms with Crippen LogP contribution in [0.2, 0.25) is 5.02 Å². The van der Waals surface area contributed by atoms with Gasteiger partial charge in [0, 0.05) is 12.0 Å². The smallest absolute Gasteiger partial charge is 0.0881 e. The van der Waals surface area contributed by atoms with Crippen molar-refractivity contribution >= 4 is 22.9 Å². The third-order valence-electron chi connectivity index (χ3n) is 3.45. The molecular formula is C12H18ClNOS. The fourth-order valence-corrected chi connectivity index (χ4v) is 3.72. The number of thiophene rings is 1. The van der Waals surface area contributed by atoms with E-state index < -0.39 is 0 Å². The molecule has 1 aromatic rings. The predicted molar refractivity (Wildman–Crippen MR) is 69.3 cm³/mol. The number of likely N-dealkylation sites (N-methyl/N-ethyl adjacent to an activating group) is 1. The highest BCUT2D eigenvalue weighted by Crippen LogP contribution is 2.47. The van der Waals surface area contributed by atoms with Gasteiger partial charge < -0.3 is 10.1 Å². The molecular weight excluding hydrogens is 242 g/mol. The van der Waals surface area contributed by atoms with Crippen LogP contribution in [0.4, 0.5) is 0 Å². The van der Waals surface area contributed by atoms with Crippen molar-refractivity contribution in [2.24, 2.45) is 0 Å². The Labute approximate surface area is 106 Å². The molecule has 4 heteroatoms. The molecule has 16 heavy (non-hydrogen) atoms. The van der Waals surface area contributed by atoms with Gasteiger partial charge in [-0.1, -0.05) is 18.5 Å². The molecule has 0 saturated heterocycles. The summed E-state index contributed by atoms with van der Waals surface area (Å²) in [5.74, 6) is 0. The molecule has 0 aliphatic heterocycles. The van der Waals surface area contributed by atoms with E-state index in [9.17, 15) is 0 Å². The fourth-order valence-electron chi connectivity index (χ4n) is 2.37. The van der Waals surface area contributed by atoms with Gasteiger partial charge in [0.1, 0.15) is 0 Å². The van der Waals surface area contributed by atoms with E-state index in [4.69, 9.17) is 16.3 Å². The highest BCUT2D eigenvalue weighted by Gasteiger charge is 2.45. The van der Waals surface area contributed by atoms with Gasteiger partial charge in [-0.15, -0.1) is 11.3 Å². The van der Waals surface area contributed by atoms with E-state index >= 15 is 0 Å². The third kappa shape index (κ3) is 2.02. The molecule has 1 aliphatic rings. The summed E-state index contributed by atoms with van der Waals surface area (Å²) in [4.78, 5) is 1.21. The van der Waals surface area contributed by atoms with Crippen molar-refractivity contribution in [3.05, 3.63) is 21.3 Å². The normalized spacial score (nSPS) is 20.4. The van der Waals surface area contributed by atoms with Crippen LogP contribution in [0.25, 0.3) is 0 Å². The summed E-state index contributed by atoms with van der Waals surface area (Å²) < 4.78 is 5.75. The van der Waals surface area contributed by atoms with Crippen molar-refractivity contribution in [1.29, 1.82) is 0 Å². The number of halogens is 1. The number of nitrogens with one attached hydrogen (secondary N) is 1. The first-order chi connectivity index (χ1) is 7.73. The summed E-state index contributed by atoms with van der Waals surface area (Å²) in [6.07, 6.45) is 3.49. The molecule has 2 rings (SSSR count). The van der Waals surface area contributed by atoms with Crippen LogP contribution in [0.5, 0.6) is 0 Å². The first-order valence-corrected chi connectivity index (χ1v) is 7.00. The zero-order chi connectivity index (χ0) is 11.6. The zero-order valence-corrected chi connectivity index (χ0v) is 11.3. The second-order valence-corrected chi connectivity index (χ2v) is 5.60. The molecule has 1 saturated carbocycles. The summed E-state index contributed by atoms with van der Waals surface area (Å²) in [6, 6.07) is 2.21. The monoisotopic (exact) mass is 259 g/mol. The van der Waals surface area contributed by atoms with Gasteiger partial charge in [0.05, 0.1) is 16.7 Å². The molecule has 1 atom stereocenters. The molecule has 1 aromatic heterocycles. The largest absolute Gasteiger partial charge is 0.376 e. The molecule has 0 amide bonds. The SMILES string of the molecule is CCNC(c1sccc1Cl)C1(OC)CCC1. The number of hydrogen-bond acceptors (Lipinski definition) is 3. The Balaban J connectivity index is 2.26. The van der Waals surface area contributed by atoms with Gasteiger partial charge in [-0.3, -0.25) is 0 Å². The highest BCUT2D eigenvalue weighted by molar-refractivity contribution is 7.10. The molecule has 0 radical (unpaired) electrons. The minimum atomic E-state index is -0.0372. The molecule has 90 valence electrons. The van der Waals surface area contributed by atoms with E-state index in [2.05, 4.69) is 12.2 Å². The topological polar surface area (TPSA) is 21.3 Å². The maximum Gasteiger partial charge on any atom is 0.0881 e. The Morgan fingerprint density at radius 3 is 2.75 bits per heavy atom. The Morgan fingerprint density at radius 2 is 2.38 bits per heavy atom. The predicted octanol–water partition coefficient (Wildman–Crippen LogP) is 3.62. The lowest BCUT2D eigenvalue weighted by Gasteiger charge is -2.46. The first kappa shape index (κ1) is 12.4. The van der Waals surface area contributed by atoms with Gasteiger partial charge in [-0.25, -0.2) is 0 Å². The Hall–Kier alpha value is -0.0900.